The van der Waals surface area contributed by atoms with E-state index in [4.69, 9.17) is 4.74 Å². The van der Waals surface area contributed by atoms with Crippen LogP contribution in [0, 0.1) is 0 Å². The van der Waals surface area contributed by atoms with Gasteiger partial charge in [0.05, 0.1) is 11.5 Å². The molecule has 0 aromatic carbocycles. The maximum atomic E-state index is 5.65. The molecule has 0 amide bonds. The first-order chi connectivity index (χ1) is 6.20. The van der Waals surface area contributed by atoms with Crippen LogP contribution in [0.4, 0.5) is 0 Å². The molecule has 0 bridgehead atoms. The van der Waals surface area contributed by atoms with Gasteiger partial charge in [-0.1, -0.05) is 0 Å². The molecular weight excluding hydrogens is 200 g/mol. The fourth-order valence-electron chi connectivity index (χ4n) is 1.11. The highest BCUT2D eigenvalue weighted by Crippen LogP contribution is 2.27. The Balaban J connectivity index is 2.28. The molecule has 13 heavy (non-hydrogen) atoms. The van der Waals surface area contributed by atoms with Crippen molar-refractivity contribution >= 4 is 23.5 Å². The van der Waals surface area contributed by atoms with E-state index in [1.807, 2.05) is 29.8 Å². The van der Waals surface area contributed by atoms with E-state index in [9.17, 15) is 0 Å². The van der Waals surface area contributed by atoms with Gasteiger partial charge in [-0.15, -0.1) is 0 Å². The second-order valence-electron chi connectivity index (χ2n) is 3.52. The van der Waals surface area contributed by atoms with Crippen LogP contribution in [0.1, 0.15) is 20.8 Å². The molecule has 0 N–H and O–H groups in total. The van der Waals surface area contributed by atoms with Crippen LogP contribution in [0.25, 0.3) is 0 Å². The number of rotatable bonds is 3. The summed E-state index contributed by atoms with van der Waals surface area (Å²) in [6.07, 6.45) is 2.23. The first kappa shape index (κ1) is 11.3. The fourth-order valence-corrected chi connectivity index (χ4v) is 3.95. The lowest BCUT2D eigenvalue weighted by Crippen LogP contribution is -2.27. The van der Waals surface area contributed by atoms with E-state index in [1.165, 1.54) is 22.8 Å². The van der Waals surface area contributed by atoms with Crippen molar-refractivity contribution < 1.29 is 4.74 Å². The zero-order chi connectivity index (χ0) is 9.68. The largest absolute Gasteiger partial charge is 0.497 e. The summed E-state index contributed by atoms with van der Waals surface area (Å²) in [7, 11) is 0. The fraction of sp³-hybridized carbons (Fsp3) is 0.800. The molecule has 1 aliphatic rings. The molecule has 0 radical (unpaired) electrons. The van der Waals surface area contributed by atoms with E-state index in [1.54, 1.807) is 0 Å². The number of hydrogen-bond donors (Lipinski definition) is 0. The zero-order valence-corrected chi connectivity index (χ0v) is 10.2. The molecule has 1 saturated heterocycles. The summed E-state index contributed by atoms with van der Waals surface area (Å²) in [5.41, 5.74) is 1.24. The van der Waals surface area contributed by atoms with Crippen LogP contribution in [0.5, 0.6) is 0 Å². The van der Waals surface area contributed by atoms with E-state index >= 15 is 0 Å². The molecule has 0 aliphatic carbocycles. The minimum atomic E-state index is 0.354. The minimum absolute atomic E-state index is 0.354. The molecule has 3 heteroatoms. The van der Waals surface area contributed by atoms with Crippen molar-refractivity contribution in [2.45, 2.75) is 32.1 Å². The predicted octanol–water partition coefficient (Wildman–Crippen LogP) is 3.16. The molecule has 1 aliphatic heterocycles. The highest BCUT2D eigenvalue weighted by atomic mass is 32.2. The Morgan fingerprint density at radius 1 is 1.46 bits per heavy atom. The summed E-state index contributed by atoms with van der Waals surface area (Å²) in [6, 6.07) is 0. The summed E-state index contributed by atoms with van der Waals surface area (Å²) >= 11 is 4.09. The second-order valence-corrected chi connectivity index (χ2v) is 6.02. The van der Waals surface area contributed by atoms with Crippen LogP contribution in [-0.4, -0.2) is 28.6 Å². The topological polar surface area (TPSA) is 9.23 Å². The van der Waals surface area contributed by atoms with Crippen molar-refractivity contribution in [3.05, 3.63) is 11.8 Å². The highest BCUT2D eigenvalue weighted by Gasteiger charge is 2.21. The molecule has 0 aromatic rings. The Hall–Kier alpha value is 0.240. The van der Waals surface area contributed by atoms with Gasteiger partial charge in [0.25, 0.3) is 0 Å². The molecule has 1 heterocycles. The molecule has 76 valence electrons. The van der Waals surface area contributed by atoms with Crippen molar-refractivity contribution in [2.24, 2.45) is 0 Å². The van der Waals surface area contributed by atoms with Gasteiger partial charge in [-0.25, -0.2) is 0 Å². The molecular formula is C10H18OS2. The van der Waals surface area contributed by atoms with Crippen LogP contribution < -0.4 is 0 Å². The quantitative estimate of drug-likeness (QED) is 0.673. The Kier molecular flexibility index (Phi) is 5.10. The maximum Gasteiger partial charge on any atom is 0.108 e. The summed E-state index contributed by atoms with van der Waals surface area (Å²) < 4.78 is 5.65. The SMILES string of the molecule is CC(C)=COC(C)C1CSCCS1. The summed E-state index contributed by atoms with van der Waals surface area (Å²) in [4.78, 5) is 0. The minimum Gasteiger partial charge on any atom is -0.497 e. The lowest BCUT2D eigenvalue weighted by atomic mass is 10.3. The summed E-state index contributed by atoms with van der Waals surface area (Å²) in [5, 5.41) is 0.675. The van der Waals surface area contributed by atoms with E-state index in [0.717, 1.165) is 0 Å². The second kappa shape index (κ2) is 5.86. The first-order valence-electron chi connectivity index (χ1n) is 4.68. The average Bonchev–Trinajstić information content (AvgIpc) is 2.15. The van der Waals surface area contributed by atoms with Crippen molar-refractivity contribution in [1.29, 1.82) is 0 Å². The Morgan fingerprint density at radius 3 is 2.77 bits per heavy atom. The average molecular weight is 218 g/mol. The van der Waals surface area contributed by atoms with Crippen molar-refractivity contribution in [1.82, 2.24) is 0 Å². The van der Waals surface area contributed by atoms with Crippen LogP contribution in [-0.2, 0) is 4.74 Å². The van der Waals surface area contributed by atoms with E-state index < -0.39 is 0 Å². The number of allylic oxidation sites excluding steroid dienone is 1. The molecule has 2 unspecified atom stereocenters. The van der Waals surface area contributed by atoms with E-state index in [2.05, 4.69) is 20.8 Å². The number of ether oxygens (including phenoxy) is 1. The van der Waals surface area contributed by atoms with Crippen LogP contribution in [0.15, 0.2) is 11.8 Å². The van der Waals surface area contributed by atoms with Gasteiger partial charge in [0, 0.05) is 17.3 Å². The number of thioether (sulfide) groups is 2. The van der Waals surface area contributed by atoms with Gasteiger partial charge in [-0.2, -0.15) is 23.5 Å². The van der Waals surface area contributed by atoms with Gasteiger partial charge >= 0.3 is 0 Å². The normalized spacial score (nSPS) is 25.0. The third-order valence-electron chi connectivity index (χ3n) is 1.88. The van der Waals surface area contributed by atoms with Gasteiger partial charge in [-0.3, -0.25) is 0 Å². The third kappa shape index (κ3) is 4.32. The molecule has 1 fully saturated rings. The lowest BCUT2D eigenvalue weighted by molar-refractivity contribution is 0.161. The first-order valence-corrected chi connectivity index (χ1v) is 6.88. The van der Waals surface area contributed by atoms with E-state index in [-0.39, 0.29) is 0 Å². The van der Waals surface area contributed by atoms with Gasteiger partial charge in [0.1, 0.15) is 6.10 Å². The molecule has 1 nitrogen and oxygen atoms in total. The van der Waals surface area contributed by atoms with Crippen molar-refractivity contribution in [3.8, 4) is 0 Å². The smallest absolute Gasteiger partial charge is 0.108 e. The maximum absolute atomic E-state index is 5.65. The van der Waals surface area contributed by atoms with E-state index in [0.29, 0.717) is 11.4 Å². The van der Waals surface area contributed by atoms with Gasteiger partial charge in [0.15, 0.2) is 0 Å². The van der Waals surface area contributed by atoms with Gasteiger partial charge < -0.3 is 4.74 Å². The predicted molar refractivity (Wildman–Crippen MR) is 63.5 cm³/mol. The lowest BCUT2D eigenvalue weighted by Gasteiger charge is -2.26. The molecule has 1 rings (SSSR count). The highest BCUT2D eigenvalue weighted by molar-refractivity contribution is 8.06. The zero-order valence-electron chi connectivity index (χ0n) is 8.58. The molecule has 2 atom stereocenters. The Labute approximate surface area is 89.7 Å². The molecule has 0 saturated carbocycles. The number of hydrogen-bond acceptors (Lipinski definition) is 3. The Morgan fingerprint density at radius 2 is 2.23 bits per heavy atom. The Bertz CT molecular complexity index is 170. The van der Waals surface area contributed by atoms with Crippen LogP contribution >= 0.6 is 23.5 Å². The van der Waals surface area contributed by atoms with Crippen LogP contribution in [0.2, 0.25) is 0 Å². The standard InChI is InChI=1S/C10H18OS2/c1-8(2)6-11-9(3)10-7-12-4-5-13-10/h6,9-10H,4-5,7H2,1-3H3. The van der Waals surface area contributed by atoms with Crippen molar-refractivity contribution in [2.75, 3.05) is 17.3 Å². The van der Waals surface area contributed by atoms with Crippen molar-refractivity contribution in [3.63, 3.8) is 0 Å². The summed E-state index contributed by atoms with van der Waals surface area (Å²) in [5.74, 6) is 3.82. The summed E-state index contributed by atoms with van der Waals surface area (Å²) in [6.45, 7) is 6.30. The third-order valence-corrected chi connectivity index (χ3v) is 4.86. The van der Waals surface area contributed by atoms with Gasteiger partial charge in [-0.05, 0) is 26.3 Å². The molecule has 0 spiro atoms. The molecule has 0 aromatic heterocycles. The van der Waals surface area contributed by atoms with Crippen LogP contribution in [0.3, 0.4) is 0 Å². The van der Waals surface area contributed by atoms with Gasteiger partial charge in [0.2, 0.25) is 0 Å². The monoisotopic (exact) mass is 218 g/mol.